The molecule has 0 spiro atoms. The van der Waals surface area contributed by atoms with Gasteiger partial charge in [-0.3, -0.25) is 4.79 Å². The van der Waals surface area contributed by atoms with Crippen LogP contribution in [0.3, 0.4) is 0 Å². The first-order valence-electron chi connectivity index (χ1n) is 4.12. The van der Waals surface area contributed by atoms with Gasteiger partial charge in [0.2, 0.25) is 0 Å². The Morgan fingerprint density at radius 2 is 2.00 bits per heavy atom. The summed E-state index contributed by atoms with van der Waals surface area (Å²) in [5.74, 6) is 0.0857. The molecule has 0 unspecified atom stereocenters. The Hall–Kier alpha value is 0.0300. The van der Waals surface area contributed by atoms with E-state index in [1.807, 2.05) is 23.8 Å². The highest BCUT2D eigenvalue weighted by Gasteiger charge is 2.17. The average molecular weight is 366 g/mol. The maximum absolute atomic E-state index is 12.1. The predicted molar refractivity (Wildman–Crippen MR) is 72.2 cm³/mol. The Morgan fingerprint density at radius 3 is 2.47 bits per heavy atom. The Morgan fingerprint density at radius 1 is 1.27 bits per heavy atom. The molecule has 0 amide bonds. The molecule has 0 aromatic carbocycles. The Kier molecular flexibility index (Phi) is 3.45. The van der Waals surface area contributed by atoms with Gasteiger partial charge in [-0.1, -0.05) is 0 Å². The van der Waals surface area contributed by atoms with Gasteiger partial charge < -0.3 is 0 Å². The van der Waals surface area contributed by atoms with Crippen LogP contribution < -0.4 is 0 Å². The molecule has 2 rings (SSSR count). The molecule has 2 heterocycles. The van der Waals surface area contributed by atoms with Crippen LogP contribution in [0.25, 0.3) is 0 Å². The highest BCUT2D eigenvalue weighted by Crippen LogP contribution is 2.34. The molecule has 2 aromatic heterocycles. The van der Waals surface area contributed by atoms with E-state index in [4.69, 9.17) is 0 Å². The molecule has 0 fully saturated rings. The first-order valence-corrected chi connectivity index (χ1v) is 7.46. The third-order valence-electron chi connectivity index (χ3n) is 2.00. The highest BCUT2D eigenvalue weighted by molar-refractivity contribution is 9.12. The standard InChI is InChI=1S/C10H6Br2OS2/c1-5-3-14-4-7(5)9(13)6-2-8(11)15-10(6)12/h2-4H,1H3. The van der Waals surface area contributed by atoms with Crippen molar-refractivity contribution in [2.75, 3.05) is 0 Å². The van der Waals surface area contributed by atoms with Crippen molar-refractivity contribution in [3.63, 3.8) is 0 Å². The lowest BCUT2D eigenvalue weighted by Gasteiger charge is -1.97. The topological polar surface area (TPSA) is 17.1 Å². The zero-order valence-electron chi connectivity index (χ0n) is 7.71. The third kappa shape index (κ3) is 2.25. The van der Waals surface area contributed by atoms with E-state index < -0.39 is 0 Å². The Balaban J connectivity index is 2.45. The van der Waals surface area contributed by atoms with E-state index in [0.29, 0.717) is 0 Å². The van der Waals surface area contributed by atoms with Crippen LogP contribution in [0.1, 0.15) is 21.5 Å². The molecule has 78 valence electrons. The summed E-state index contributed by atoms with van der Waals surface area (Å²) in [6.07, 6.45) is 0. The second kappa shape index (κ2) is 4.49. The molecule has 5 heteroatoms. The fraction of sp³-hybridized carbons (Fsp3) is 0.100. The second-order valence-corrected chi connectivity index (χ2v) is 7.53. The number of carbonyl (C=O) groups excluding carboxylic acids is 1. The van der Waals surface area contributed by atoms with Gasteiger partial charge in [-0.15, -0.1) is 11.3 Å². The minimum absolute atomic E-state index is 0.0857. The summed E-state index contributed by atoms with van der Waals surface area (Å²) in [6, 6.07) is 1.86. The quantitative estimate of drug-likeness (QED) is 0.693. The van der Waals surface area contributed by atoms with E-state index in [1.54, 1.807) is 11.3 Å². The maximum Gasteiger partial charge on any atom is 0.196 e. The zero-order valence-corrected chi connectivity index (χ0v) is 12.5. The summed E-state index contributed by atoms with van der Waals surface area (Å²) in [5, 5.41) is 3.89. The molecule has 0 bridgehead atoms. The van der Waals surface area contributed by atoms with Crippen molar-refractivity contribution in [2.45, 2.75) is 6.92 Å². The van der Waals surface area contributed by atoms with E-state index in [0.717, 1.165) is 24.3 Å². The monoisotopic (exact) mass is 364 g/mol. The minimum atomic E-state index is 0.0857. The van der Waals surface area contributed by atoms with E-state index in [9.17, 15) is 4.79 Å². The van der Waals surface area contributed by atoms with Crippen LogP contribution in [0.15, 0.2) is 24.4 Å². The largest absolute Gasteiger partial charge is 0.288 e. The molecule has 0 atom stereocenters. The molecule has 0 aliphatic rings. The molecule has 0 saturated heterocycles. The van der Waals surface area contributed by atoms with Gasteiger partial charge in [0, 0.05) is 16.5 Å². The lowest BCUT2D eigenvalue weighted by Crippen LogP contribution is -2.00. The van der Waals surface area contributed by atoms with Gasteiger partial charge >= 0.3 is 0 Å². The number of hydrogen-bond acceptors (Lipinski definition) is 3. The number of aryl methyl sites for hydroxylation is 1. The number of carbonyl (C=O) groups is 1. The fourth-order valence-electron chi connectivity index (χ4n) is 1.23. The van der Waals surface area contributed by atoms with Crippen LogP contribution in [0.2, 0.25) is 0 Å². The molecule has 0 N–H and O–H groups in total. The summed E-state index contributed by atoms with van der Waals surface area (Å²) in [7, 11) is 0. The van der Waals surface area contributed by atoms with Gasteiger partial charge in [-0.2, -0.15) is 11.3 Å². The SMILES string of the molecule is Cc1cscc1C(=O)c1cc(Br)sc1Br. The van der Waals surface area contributed by atoms with Crippen LogP contribution in [-0.2, 0) is 0 Å². The molecular weight excluding hydrogens is 360 g/mol. The van der Waals surface area contributed by atoms with Gasteiger partial charge in [0.15, 0.2) is 5.78 Å². The van der Waals surface area contributed by atoms with Crippen LogP contribution in [0.5, 0.6) is 0 Å². The van der Waals surface area contributed by atoms with Crippen molar-refractivity contribution in [2.24, 2.45) is 0 Å². The third-order valence-corrected chi connectivity index (χ3v) is 5.20. The fourth-order valence-corrected chi connectivity index (χ4v) is 4.85. The van der Waals surface area contributed by atoms with Gasteiger partial charge in [0.1, 0.15) is 0 Å². The molecule has 1 nitrogen and oxygen atoms in total. The average Bonchev–Trinajstić information content (AvgIpc) is 2.71. The summed E-state index contributed by atoms with van der Waals surface area (Å²) in [6.45, 7) is 1.96. The van der Waals surface area contributed by atoms with Crippen LogP contribution >= 0.6 is 54.5 Å². The van der Waals surface area contributed by atoms with Crippen LogP contribution in [-0.4, -0.2) is 5.78 Å². The predicted octanol–water partition coefficient (Wildman–Crippen LogP) is 4.87. The van der Waals surface area contributed by atoms with E-state index >= 15 is 0 Å². The van der Waals surface area contributed by atoms with Gasteiger partial charge in [0.25, 0.3) is 0 Å². The van der Waals surface area contributed by atoms with Crippen LogP contribution in [0.4, 0.5) is 0 Å². The first-order chi connectivity index (χ1) is 7.09. The number of ketones is 1. The van der Waals surface area contributed by atoms with Crippen molar-refractivity contribution in [3.8, 4) is 0 Å². The number of hydrogen-bond donors (Lipinski definition) is 0. The molecular formula is C10H6Br2OS2. The molecule has 0 aliphatic heterocycles. The number of halogens is 2. The number of rotatable bonds is 2. The zero-order chi connectivity index (χ0) is 11.0. The van der Waals surface area contributed by atoms with Crippen molar-refractivity contribution >= 4 is 60.3 Å². The Bertz CT molecular complexity index is 513. The Labute approximate surface area is 112 Å². The van der Waals surface area contributed by atoms with Crippen molar-refractivity contribution in [1.29, 1.82) is 0 Å². The summed E-state index contributed by atoms with van der Waals surface area (Å²) in [4.78, 5) is 12.1. The summed E-state index contributed by atoms with van der Waals surface area (Å²) in [5.41, 5.74) is 2.57. The van der Waals surface area contributed by atoms with Gasteiger partial charge in [-0.25, -0.2) is 0 Å². The normalized spacial score (nSPS) is 10.6. The van der Waals surface area contributed by atoms with E-state index in [2.05, 4.69) is 31.9 Å². The molecule has 15 heavy (non-hydrogen) atoms. The molecule has 0 radical (unpaired) electrons. The van der Waals surface area contributed by atoms with Crippen molar-refractivity contribution in [3.05, 3.63) is 41.1 Å². The smallest absolute Gasteiger partial charge is 0.196 e. The van der Waals surface area contributed by atoms with E-state index in [-0.39, 0.29) is 5.78 Å². The number of thiophene rings is 2. The highest BCUT2D eigenvalue weighted by atomic mass is 79.9. The maximum atomic E-state index is 12.1. The summed E-state index contributed by atoms with van der Waals surface area (Å²) >= 11 is 9.84. The van der Waals surface area contributed by atoms with Gasteiger partial charge in [0.05, 0.1) is 7.57 Å². The minimum Gasteiger partial charge on any atom is -0.288 e. The lowest BCUT2D eigenvalue weighted by atomic mass is 10.1. The van der Waals surface area contributed by atoms with Gasteiger partial charge in [-0.05, 0) is 55.8 Å². The van der Waals surface area contributed by atoms with Crippen molar-refractivity contribution < 1.29 is 4.79 Å². The van der Waals surface area contributed by atoms with Crippen molar-refractivity contribution in [1.82, 2.24) is 0 Å². The second-order valence-electron chi connectivity index (χ2n) is 3.04. The first kappa shape index (κ1) is 11.5. The molecule has 0 aliphatic carbocycles. The van der Waals surface area contributed by atoms with Crippen LogP contribution in [0, 0.1) is 6.92 Å². The molecule has 0 saturated carbocycles. The summed E-state index contributed by atoms with van der Waals surface area (Å²) < 4.78 is 1.84. The van der Waals surface area contributed by atoms with E-state index in [1.165, 1.54) is 11.3 Å². The lowest BCUT2D eigenvalue weighted by molar-refractivity contribution is 0.103. The molecule has 2 aromatic rings.